The normalized spacial score (nSPS) is 31.0. The molecule has 2 atom stereocenters. The summed E-state index contributed by atoms with van der Waals surface area (Å²) in [5, 5.41) is 0. The highest BCUT2D eigenvalue weighted by Gasteiger charge is 2.37. The fourth-order valence-electron chi connectivity index (χ4n) is 3.98. The standard InChI is InChI=1S/C17H28N4O/c1-19-9-6-18-17(19)13-20-7-4-15-16(5-8-20)22-11-10-21(15)12-14-2-3-14/h6,9,14-16H,2-5,7-8,10-13H2,1H3/t15-,16+/m1/s1. The Morgan fingerprint density at radius 3 is 2.82 bits per heavy atom. The Balaban J connectivity index is 1.38. The molecule has 22 heavy (non-hydrogen) atoms. The van der Waals surface area contributed by atoms with Crippen LogP contribution in [0.5, 0.6) is 0 Å². The smallest absolute Gasteiger partial charge is 0.122 e. The lowest BCUT2D eigenvalue weighted by atomic mass is 10.0. The number of aromatic nitrogens is 2. The van der Waals surface area contributed by atoms with E-state index in [4.69, 9.17) is 4.74 Å². The summed E-state index contributed by atoms with van der Waals surface area (Å²) in [6.45, 7) is 6.63. The summed E-state index contributed by atoms with van der Waals surface area (Å²) in [5.41, 5.74) is 0. The van der Waals surface area contributed by atoms with Crippen LogP contribution in [0.2, 0.25) is 0 Å². The highest BCUT2D eigenvalue weighted by molar-refractivity contribution is 4.94. The van der Waals surface area contributed by atoms with Crippen LogP contribution >= 0.6 is 0 Å². The Kier molecular flexibility index (Phi) is 4.20. The maximum Gasteiger partial charge on any atom is 0.122 e. The van der Waals surface area contributed by atoms with Crippen LogP contribution in [0, 0.1) is 5.92 Å². The predicted octanol–water partition coefficient (Wildman–Crippen LogP) is 1.50. The van der Waals surface area contributed by atoms with Crippen LogP contribution in [-0.2, 0) is 18.3 Å². The van der Waals surface area contributed by atoms with Gasteiger partial charge in [0.2, 0.25) is 0 Å². The molecule has 0 amide bonds. The number of hydrogen-bond donors (Lipinski definition) is 0. The summed E-state index contributed by atoms with van der Waals surface area (Å²) in [5.74, 6) is 2.14. The molecule has 3 heterocycles. The molecule has 3 fully saturated rings. The van der Waals surface area contributed by atoms with E-state index < -0.39 is 0 Å². The van der Waals surface area contributed by atoms with Crippen LogP contribution in [-0.4, -0.2) is 64.3 Å². The number of hydrogen-bond acceptors (Lipinski definition) is 4. The molecule has 1 aromatic heterocycles. The third-order valence-electron chi connectivity index (χ3n) is 5.56. The molecule has 1 aromatic rings. The van der Waals surface area contributed by atoms with Crippen molar-refractivity contribution in [3.63, 3.8) is 0 Å². The second-order valence-corrected chi connectivity index (χ2v) is 7.22. The van der Waals surface area contributed by atoms with Crippen molar-refractivity contribution in [1.82, 2.24) is 19.4 Å². The fourth-order valence-corrected chi connectivity index (χ4v) is 3.98. The van der Waals surface area contributed by atoms with Gasteiger partial charge in [-0.25, -0.2) is 4.98 Å². The minimum Gasteiger partial charge on any atom is -0.375 e. The first-order chi connectivity index (χ1) is 10.8. The molecular formula is C17H28N4O. The van der Waals surface area contributed by atoms with Crippen molar-refractivity contribution in [3.8, 4) is 0 Å². The maximum atomic E-state index is 6.11. The molecule has 0 aromatic carbocycles. The molecule has 0 radical (unpaired) electrons. The Labute approximate surface area is 133 Å². The van der Waals surface area contributed by atoms with Crippen LogP contribution in [0.4, 0.5) is 0 Å². The van der Waals surface area contributed by atoms with Gasteiger partial charge in [0.15, 0.2) is 0 Å². The predicted molar refractivity (Wildman–Crippen MR) is 85.5 cm³/mol. The van der Waals surface area contributed by atoms with Crippen molar-refractivity contribution in [3.05, 3.63) is 18.2 Å². The minimum atomic E-state index is 0.443. The zero-order chi connectivity index (χ0) is 14.9. The topological polar surface area (TPSA) is 33.5 Å². The van der Waals surface area contributed by atoms with Crippen molar-refractivity contribution in [2.45, 2.75) is 44.4 Å². The van der Waals surface area contributed by atoms with Crippen LogP contribution in [0.15, 0.2) is 12.4 Å². The summed E-state index contributed by atoms with van der Waals surface area (Å²) < 4.78 is 8.24. The molecule has 2 aliphatic heterocycles. The summed E-state index contributed by atoms with van der Waals surface area (Å²) in [6, 6.07) is 0.640. The molecule has 3 aliphatic rings. The number of ether oxygens (including phenoxy) is 1. The van der Waals surface area contributed by atoms with Gasteiger partial charge < -0.3 is 9.30 Å². The Bertz CT molecular complexity index is 499. The number of likely N-dealkylation sites (tertiary alicyclic amines) is 1. The van der Waals surface area contributed by atoms with Gasteiger partial charge in [0.05, 0.1) is 19.3 Å². The molecule has 0 bridgehead atoms. The summed E-state index contributed by atoms with van der Waals surface area (Å²) in [6.07, 6.45) is 9.66. The number of rotatable bonds is 4. The zero-order valence-corrected chi connectivity index (χ0v) is 13.7. The molecule has 0 spiro atoms. The van der Waals surface area contributed by atoms with Crippen molar-refractivity contribution >= 4 is 0 Å². The Morgan fingerprint density at radius 1 is 1.18 bits per heavy atom. The van der Waals surface area contributed by atoms with Crippen molar-refractivity contribution in [2.75, 3.05) is 32.8 Å². The lowest BCUT2D eigenvalue weighted by Crippen LogP contribution is -2.51. The van der Waals surface area contributed by atoms with Gasteiger partial charge in [0.1, 0.15) is 5.82 Å². The number of fused-ring (bicyclic) bond motifs is 1. The van der Waals surface area contributed by atoms with E-state index in [0.29, 0.717) is 12.1 Å². The molecule has 1 saturated carbocycles. The van der Waals surface area contributed by atoms with Gasteiger partial charge in [0.25, 0.3) is 0 Å². The third kappa shape index (κ3) is 3.21. The van der Waals surface area contributed by atoms with Crippen LogP contribution in [0.1, 0.15) is 31.5 Å². The van der Waals surface area contributed by atoms with E-state index >= 15 is 0 Å². The summed E-state index contributed by atoms with van der Waals surface area (Å²) in [7, 11) is 2.08. The van der Waals surface area contributed by atoms with Gasteiger partial charge in [-0.1, -0.05) is 0 Å². The molecule has 0 N–H and O–H groups in total. The summed E-state index contributed by atoms with van der Waals surface area (Å²) in [4.78, 5) is 9.76. The number of nitrogens with zero attached hydrogens (tertiary/aromatic N) is 4. The van der Waals surface area contributed by atoms with Gasteiger partial charge in [-0.3, -0.25) is 9.80 Å². The number of aryl methyl sites for hydroxylation is 1. The quantitative estimate of drug-likeness (QED) is 0.844. The lowest BCUT2D eigenvalue weighted by Gasteiger charge is -2.40. The van der Waals surface area contributed by atoms with Crippen LogP contribution in [0.25, 0.3) is 0 Å². The fraction of sp³-hybridized carbons (Fsp3) is 0.824. The van der Waals surface area contributed by atoms with E-state index in [9.17, 15) is 0 Å². The Morgan fingerprint density at radius 2 is 2.05 bits per heavy atom. The van der Waals surface area contributed by atoms with Crippen molar-refractivity contribution in [1.29, 1.82) is 0 Å². The van der Waals surface area contributed by atoms with Gasteiger partial charge in [-0.05, 0) is 31.6 Å². The van der Waals surface area contributed by atoms with Crippen LogP contribution < -0.4 is 0 Å². The monoisotopic (exact) mass is 304 g/mol. The zero-order valence-electron chi connectivity index (χ0n) is 13.7. The van der Waals surface area contributed by atoms with E-state index in [1.54, 1.807) is 0 Å². The summed E-state index contributed by atoms with van der Waals surface area (Å²) >= 11 is 0. The average Bonchev–Trinajstić information content (AvgIpc) is 3.27. The highest BCUT2D eigenvalue weighted by Crippen LogP contribution is 2.33. The van der Waals surface area contributed by atoms with E-state index in [1.807, 2.05) is 12.4 Å². The van der Waals surface area contributed by atoms with E-state index in [1.165, 1.54) is 38.2 Å². The van der Waals surface area contributed by atoms with Gasteiger partial charge in [0, 0.05) is 51.7 Å². The van der Waals surface area contributed by atoms with Gasteiger partial charge >= 0.3 is 0 Å². The van der Waals surface area contributed by atoms with E-state index in [2.05, 4.69) is 26.4 Å². The molecular weight excluding hydrogens is 276 g/mol. The molecule has 0 unspecified atom stereocenters. The second kappa shape index (κ2) is 6.30. The van der Waals surface area contributed by atoms with Crippen LogP contribution in [0.3, 0.4) is 0 Å². The van der Waals surface area contributed by atoms with E-state index in [0.717, 1.165) is 38.6 Å². The first-order valence-electron chi connectivity index (χ1n) is 8.84. The lowest BCUT2D eigenvalue weighted by molar-refractivity contribution is -0.0727. The first kappa shape index (κ1) is 14.7. The molecule has 1 aliphatic carbocycles. The number of imidazole rings is 1. The molecule has 5 nitrogen and oxygen atoms in total. The van der Waals surface area contributed by atoms with Gasteiger partial charge in [-0.2, -0.15) is 0 Å². The van der Waals surface area contributed by atoms with Crippen molar-refractivity contribution < 1.29 is 4.74 Å². The molecule has 2 saturated heterocycles. The molecule has 4 rings (SSSR count). The highest BCUT2D eigenvalue weighted by atomic mass is 16.5. The average molecular weight is 304 g/mol. The van der Waals surface area contributed by atoms with Gasteiger partial charge in [-0.15, -0.1) is 0 Å². The number of morpholine rings is 1. The molecule has 122 valence electrons. The van der Waals surface area contributed by atoms with Crippen molar-refractivity contribution in [2.24, 2.45) is 13.0 Å². The van der Waals surface area contributed by atoms with E-state index in [-0.39, 0.29) is 0 Å². The molecule has 5 heteroatoms. The SMILES string of the molecule is Cn1ccnc1CN1CC[C@@H]2OCCN(CC3CC3)[C@@H]2CC1. The second-order valence-electron chi connectivity index (χ2n) is 7.22. The maximum absolute atomic E-state index is 6.11. The minimum absolute atomic E-state index is 0.443. The Hall–Kier alpha value is -0.910. The third-order valence-corrected chi connectivity index (χ3v) is 5.56. The largest absolute Gasteiger partial charge is 0.375 e. The first-order valence-corrected chi connectivity index (χ1v) is 8.84.